The lowest BCUT2D eigenvalue weighted by atomic mass is 10.2. The van der Waals surface area contributed by atoms with Gasteiger partial charge in [0, 0.05) is 18.3 Å². The fourth-order valence-corrected chi connectivity index (χ4v) is 3.82. The Bertz CT molecular complexity index is 1230. The summed E-state index contributed by atoms with van der Waals surface area (Å²) in [6.45, 7) is 2.18. The van der Waals surface area contributed by atoms with Crippen molar-refractivity contribution in [3.05, 3.63) is 59.4 Å². The molecule has 0 bridgehead atoms. The van der Waals surface area contributed by atoms with E-state index in [0.717, 1.165) is 0 Å². The molecule has 2 N–H and O–H groups in total. The quantitative estimate of drug-likeness (QED) is 0.293. The summed E-state index contributed by atoms with van der Waals surface area (Å²) in [6, 6.07) is 11.3. The maximum absolute atomic E-state index is 12.5. The molecule has 0 aliphatic heterocycles. The first-order chi connectivity index (χ1) is 17.4. The predicted molar refractivity (Wildman–Crippen MR) is 133 cm³/mol. The van der Waals surface area contributed by atoms with Crippen molar-refractivity contribution >= 4 is 35.2 Å². The van der Waals surface area contributed by atoms with Gasteiger partial charge in [0.1, 0.15) is 0 Å². The molecule has 12 heteroatoms. The molecule has 0 saturated carbocycles. The van der Waals surface area contributed by atoms with E-state index in [9.17, 15) is 14.4 Å². The molecule has 3 rings (SSSR count). The van der Waals surface area contributed by atoms with Crippen LogP contribution >= 0.6 is 11.8 Å². The van der Waals surface area contributed by atoms with E-state index in [0.29, 0.717) is 45.9 Å². The van der Waals surface area contributed by atoms with E-state index in [-0.39, 0.29) is 24.1 Å². The smallest absolute Gasteiger partial charge is 0.338 e. The van der Waals surface area contributed by atoms with Gasteiger partial charge in [-0.05, 0) is 49.4 Å². The van der Waals surface area contributed by atoms with Crippen molar-refractivity contribution in [2.45, 2.75) is 18.6 Å². The number of nitrogens with zero attached hydrogens (tertiary/aromatic N) is 3. The van der Waals surface area contributed by atoms with Crippen molar-refractivity contribution in [2.24, 2.45) is 7.05 Å². The van der Waals surface area contributed by atoms with E-state index in [4.69, 9.17) is 14.2 Å². The third-order valence-electron chi connectivity index (χ3n) is 4.99. The number of carbonyl (C=O) groups is 3. The first-order valence-electron chi connectivity index (χ1n) is 10.9. The summed E-state index contributed by atoms with van der Waals surface area (Å²) in [7, 11) is 4.78. The van der Waals surface area contributed by atoms with Gasteiger partial charge >= 0.3 is 5.97 Å². The van der Waals surface area contributed by atoms with Crippen molar-refractivity contribution in [3.63, 3.8) is 0 Å². The zero-order valence-corrected chi connectivity index (χ0v) is 21.2. The lowest BCUT2D eigenvalue weighted by molar-refractivity contribution is -0.113. The number of amides is 2. The molecule has 190 valence electrons. The first kappa shape index (κ1) is 26.5. The summed E-state index contributed by atoms with van der Waals surface area (Å²) >= 11 is 1.21. The van der Waals surface area contributed by atoms with Crippen molar-refractivity contribution in [2.75, 3.05) is 31.9 Å². The molecule has 0 saturated heterocycles. The molecule has 0 radical (unpaired) electrons. The van der Waals surface area contributed by atoms with Gasteiger partial charge in [0.25, 0.3) is 5.91 Å². The van der Waals surface area contributed by atoms with Gasteiger partial charge < -0.3 is 29.4 Å². The third-order valence-corrected chi connectivity index (χ3v) is 6.01. The van der Waals surface area contributed by atoms with E-state index in [2.05, 4.69) is 20.8 Å². The van der Waals surface area contributed by atoms with Crippen LogP contribution in [0.5, 0.6) is 11.5 Å². The van der Waals surface area contributed by atoms with E-state index in [1.807, 2.05) is 0 Å². The topological polar surface area (TPSA) is 134 Å². The van der Waals surface area contributed by atoms with Gasteiger partial charge in [-0.25, -0.2) is 4.79 Å². The molecule has 36 heavy (non-hydrogen) atoms. The highest BCUT2D eigenvalue weighted by molar-refractivity contribution is 7.99. The van der Waals surface area contributed by atoms with Crippen LogP contribution < -0.4 is 20.1 Å². The minimum absolute atomic E-state index is 0.101. The fourth-order valence-electron chi connectivity index (χ4n) is 3.09. The van der Waals surface area contributed by atoms with Gasteiger partial charge in [-0.1, -0.05) is 11.8 Å². The molecule has 1 heterocycles. The number of hydrogen-bond donors (Lipinski definition) is 2. The number of thioether (sulfide) groups is 1. The van der Waals surface area contributed by atoms with E-state index in [1.165, 1.54) is 26.0 Å². The largest absolute Gasteiger partial charge is 0.493 e. The van der Waals surface area contributed by atoms with Gasteiger partial charge in [0.05, 0.1) is 38.7 Å². The maximum Gasteiger partial charge on any atom is 0.338 e. The molecule has 0 fully saturated rings. The lowest BCUT2D eigenvalue weighted by Crippen LogP contribution is -2.24. The summed E-state index contributed by atoms with van der Waals surface area (Å²) in [5.74, 6) is 0.656. The Balaban J connectivity index is 1.51. The Labute approximate surface area is 212 Å². The highest BCUT2D eigenvalue weighted by atomic mass is 32.2. The second-order valence-corrected chi connectivity index (χ2v) is 8.29. The van der Waals surface area contributed by atoms with Gasteiger partial charge in [0.2, 0.25) is 5.91 Å². The van der Waals surface area contributed by atoms with Crippen molar-refractivity contribution < 1.29 is 28.6 Å². The second-order valence-electron chi connectivity index (χ2n) is 7.34. The van der Waals surface area contributed by atoms with Crippen LogP contribution in [0, 0.1) is 0 Å². The SMILES string of the molecule is CCOC(=O)c1ccc(NC(=O)CSc2nnc(CNC(=O)c3ccc(OC)c(OC)c3)n2C)cc1. The van der Waals surface area contributed by atoms with E-state index < -0.39 is 5.97 Å². The molecule has 11 nitrogen and oxygen atoms in total. The van der Waals surface area contributed by atoms with Crippen molar-refractivity contribution in [3.8, 4) is 11.5 Å². The monoisotopic (exact) mass is 513 g/mol. The molecule has 0 aliphatic carbocycles. The Morgan fingerprint density at radius 3 is 2.33 bits per heavy atom. The number of hydrogen-bond acceptors (Lipinski definition) is 9. The minimum Gasteiger partial charge on any atom is -0.493 e. The second kappa shape index (κ2) is 12.6. The molecular weight excluding hydrogens is 486 g/mol. The fraction of sp³-hybridized carbons (Fsp3) is 0.292. The molecule has 0 spiro atoms. The van der Waals surface area contributed by atoms with Crippen LogP contribution in [-0.2, 0) is 23.1 Å². The molecule has 0 atom stereocenters. The third kappa shape index (κ3) is 6.75. The summed E-state index contributed by atoms with van der Waals surface area (Å²) < 4.78 is 17.1. The summed E-state index contributed by atoms with van der Waals surface area (Å²) in [5.41, 5.74) is 1.38. The standard InChI is InChI=1S/C24H27N5O6S/c1-5-35-23(32)15-6-9-17(10-7-15)26-21(30)14-36-24-28-27-20(29(24)2)13-25-22(31)16-8-11-18(33-3)19(12-16)34-4/h6-12H,5,13-14H2,1-4H3,(H,25,31)(H,26,30). The highest BCUT2D eigenvalue weighted by Crippen LogP contribution is 2.27. The van der Waals surface area contributed by atoms with E-state index in [1.54, 1.807) is 61.0 Å². The first-order valence-corrected chi connectivity index (χ1v) is 11.9. The normalized spacial score (nSPS) is 10.4. The Morgan fingerprint density at radius 2 is 1.67 bits per heavy atom. The van der Waals surface area contributed by atoms with Crippen LogP contribution in [0.2, 0.25) is 0 Å². The number of rotatable bonds is 11. The Morgan fingerprint density at radius 1 is 0.972 bits per heavy atom. The van der Waals surface area contributed by atoms with Crippen LogP contribution in [0.1, 0.15) is 33.5 Å². The highest BCUT2D eigenvalue weighted by Gasteiger charge is 2.15. The summed E-state index contributed by atoms with van der Waals surface area (Å²) in [5, 5.41) is 14.3. The van der Waals surface area contributed by atoms with Gasteiger partial charge in [0.15, 0.2) is 22.5 Å². The summed E-state index contributed by atoms with van der Waals surface area (Å²) in [4.78, 5) is 36.6. The zero-order chi connectivity index (χ0) is 26.1. The number of esters is 1. The molecule has 2 aromatic carbocycles. The van der Waals surface area contributed by atoms with Gasteiger partial charge in [-0.3, -0.25) is 9.59 Å². The number of nitrogens with one attached hydrogen (secondary N) is 2. The number of benzene rings is 2. The van der Waals surface area contributed by atoms with E-state index >= 15 is 0 Å². The zero-order valence-electron chi connectivity index (χ0n) is 20.4. The Kier molecular flexibility index (Phi) is 9.28. The minimum atomic E-state index is -0.413. The van der Waals surface area contributed by atoms with Gasteiger partial charge in [-0.15, -0.1) is 10.2 Å². The molecule has 3 aromatic rings. The number of carbonyl (C=O) groups excluding carboxylic acids is 3. The Hall–Kier alpha value is -4.06. The average Bonchev–Trinajstić information content (AvgIpc) is 3.25. The van der Waals surface area contributed by atoms with Crippen LogP contribution in [0.25, 0.3) is 0 Å². The molecular formula is C24H27N5O6S. The molecule has 2 amide bonds. The van der Waals surface area contributed by atoms with Gasteiger partial charge in [-0.2, -0.15) is 0 Å². The maximum atomic E-state index is 12.5. The number of methoxy groups -OCH3 is 2. The number of ether oxygens (including phenoxy) is 3. The van der Waals surface area contributed by atoms with Crippen LogP contribution in [-0.4, -0.2) is 59.1 Å². The predicted octanol–water partition coefficient (Wildman–Crippen LogP) is 2.67. The average molecular weight is 514 g/mol. The van der Waals surface area contributed by atoms with Crippen LogP contribution in [0.3, 0.4) is 0 Å². The number of anilines is 1. The number of aromatic nitrogens is 3. The van der Waals surface area contributed by atoms with Crippen molar-refractivity contribution in [1.82, 2.24) is 20.1 Å². The van der Waals surface area contributed by atoms with Crippen LogP contribution in [0.4, 0.5) is 5.69 Å². The lowest BCUT2D eigenvalue weighted by Gasteiger charge is -2.10. The molecule has 1 aromatic heterocycles. The molecule has 0 unspecified atom stereocenters. The van der Waals surface area contributed by atoms with Crippen LogP contribution in [0.15, 0.2) is 47.6 Å². The molecule has 0 aliphatic rings. The summed E-state index contributed by atoms with van der Waals surface area (Å²) in [6.07, 6.45) is 0. The van der Waals surface area contributed by atoms with Crippen molar-refractivity contribution in [1.29, 1.82) is 0 Å².